The lowest BCUT2D eigenvalue weighted by atomic mass is 10.0. The maximum Gasteiger partial charge on any atom is 0.0662 e. The van der Waals surface area contributed by atoms with Gasteiger partial charge in [0.2, 0.25) is 0 Å². The molecule has 0 spiro atoms. The molecule has 0 saturated carbocycles. The predicted molar refractivity (Wildman–Crippen MR) is 274 cm³/mol. The first kappa shape index (κ1) is 79.0. The Balaban J connectivity index is -0.000000118. The topological polar surface area (TPSA) is 49.7 Å². The summed E-state index contributed by atoms with van der Waals surface area (Å²) in [7, 11) is 0. The molecule has 0 atom stereocenters. The van der Waals surface area contributed by atoms with Gasteiger partial charge in [-0.15, -0.1) is 105 Å². The van der Waals surface area contributed by atoms with Gasteiger partial charge in [0.15, 0.2) is 0 Å². The molecule has 0 aliphatic carbocycles. The average Bonchev–Trinajstić information content (AvgIpc) is 3.30. The molecule has 346 valence electrons. The maximum atomic E-state index is 7.62. The summed E-state index contributed by atoms with van der Waals surface area (Å²) in [5, 5.41) is 15.2. The molecule has 0 saturated heterocycles. The summed E-state index contributed by atoms with van der Waals surface area (Å²) >= 11 is 0. The highest BCUT2D eigenvalue weighted by atomic mass is 16.5. The van der Waals surface area contributed by atoms with E-state index in [4.69, 9.17) is 14.9 Å². The van der Waals surface area contributed by atoms with E-state index in [1.54, 1.807) is 0 Å². The van der Waals surface area contributed by atoms with E-state index in [0.29, 0.717) is 0 Å². The summed E-state index contributed by atoms with van der Waals surface area (Å²) in [5.41, 5.74) is 0. The fourth-order valence-electron chi connectivity index (χ4n) is 5.61. The first-order chi connectivity index (χ1) is 28.3. The molecular weight excluding hydrogens is 697 g/mol. The summed E-state index contributed by atoms with van der Waals surface area (Å²) in [5.74, 6) is 0. The Morgan fingerprint density at radius 2 is 0.351 bits per heavy atom. The van der Waals surface area contributed by atoms with Crippen LogP contribution < -0.4 is 0 Å². The standard InChI is InChI=1S/C36H74O.C2H6O2.8C2H4/c1-3-5-7-9-11-13-15-17-19-21-23-25-27-29-31-33-35-37-36-34-32-30-28-26-24-22-20-18-16-14-12-10-8-6-4-2;3-1-2-4;8*1-2/h3-36H2,1-2H3;3-4H,1-2H2;8*1-2H2. The van der Waals surface area contributed by atoms with Crippen LogP contribution in [-0.4, -0.2) is 36.6 Å². The largest absolute Gasteiger partial charge is 0.394 e. The van der Waals surface area contributed by atoms with E-state index < -0.39 is 0 Å². The van der Waals surface area contributed by atoms with Gasteiger partial charge in [-0.2, -0.15) is 0 Å². The van der Waals surface area contributed by atoms with Gasteiger partial charge in [-0.25, -0.2) is 0 Å². The van der Waals surface area contributed by atoms with Crippen LogP contribution in [0.2, 0.25) is 0 Å². The molecule has 3 nitrogen and oxygen atoms in total. The third kappa shape index (κ3) is 134. The van der Waals surface area contributed by atoms with E-state index in [9.17, 15) is 0 Å². The van der Waals surface area contributed by atoms with Gasteiger partial charge < -0.3 is 14.9 Å². The number of hydrogen-bond acceptors (Lipinski definition) is 3. The van der Waals surface area contributed by atoms with Gasteiger partial charge in [0.25, 0.3) is 0 Å². The molecule has 57 heavy (non-hydrogen) atoms. The highest BCUT2D eigenvalue weighted by Gasteiger charge is 1.97. The monoisotopic (exact) mass is 809 g/mol. The number of aliphatic hydroxyl groups is 2. The third-order valence-corrected chi connectivity index (χ3v) is 8.38. The SMILES string of the molecule is C=C.C=C.C=C.C=C.C=C.C=C.C=C.C=C.CCCCCCCCCCCCCCCCCCOCCCCCCCCCCCCCCCCCC.OCCO. The Morgan fingerprint density at radius 3 is 0.474 bits per heavy atom. The van der Waals surface area contributed by atoms with Crippen LogP contribution >= 0.6 is 0 Å². The molecule has 3 heteroatoms. The first-order valence-corrected chi connectivity index (χ1v) is 23.1. The van der Waals surface area contributed by atoms with Crippen LogP contribution in [0.5, 0.6) is 0 Å². The zero-order valence-corrected chi connectivity index (χ0v) is 40.1. The Kier molecular flexibility index (Phi) is 172. The molecule has 2 N–H and O–H groups in total. The molecular formula is C54H112O3. The molecule has 0 rings (SSSR count). The van der Waals surface area contributed by atoms with Crippen molar-refractivity contribution >= 4 is 0 Å². The number of hydrogen-bond donors (Lipinski definition) is 2. The lowest BCUT2D eigenvalue weighted by Gasteiger charge is -2.06. The zero-order chi connectivity index (χ0) is 46.2. The second kappa shape index (κ2) is 124. The molecule has 0 amide bonds. The summed E-state index contributed by atoms with van der Waals surface area (Å²) in [6.07, 6.45) is 46.0. The first-order valence-electron chi connectivity index (χ1n) is 23.1. The molecule has 0 bridgehead atoms. The summed E-state index contributed by atoms with van der Waals surface area (Å²) < 4.78 is 5.87. The molecule has 0 aromatic carbocycles. The van der Waals surface area contributed by atoms with E-state index >= 15 is 0 Å². The molecule has 0 aromatic heterocycles. The lowest BCUT2D eigenvalue weighted by molar-refractivity contribution is 0.125. The van der Waals surface area contributed by atoms with E-state index in [1.165, 1.54) is 205 Å². The quantitative estimate of drug-likeness (QED) is 0.0495. The van der Waals surface area contributed by atoms with Gasteiger partial charge in [0, 0.05) is 13.2 Å². The van der Waals surface area contributed by atoms with Crippen molar-refractivity contribution in [3.63, 3.8) is 0 Å². The summed E-state index contributed by atoms with van der Waals surface area (Å²) in [6.45, 7) is 54.4. The fraction of sp³-hybridized carbons (Fsp3) is 0.704. The van der Waals surface area contributed by atoms with Crippen molar-refractivity contribution in [2.24, 2.45) is 0 Å². The van der Waals surface area contributed by atoms with Crippen molar-refractivity contribution in [2.45, 2.75) is 219 Å². The lowest BCUT2D eigenvalue weighted by Crippen LogP contribution is -1.97. The van der Waals surface area contributed by atoms with Crippen LogP contribution in [0.3, 0.4) is 0 Å². The highest BCUT2D eigenvalue weighted by Crippen LogP contribution is 2.15. The summed E-state index contributed by atoms with van der Waals surface area (Å²) in [6, 6.07) is 0. The van der Waals surface area contributed by atoms with E-state index in [-0.39, 0.29) is 13.2 Å². The minimum absolute atomic E-state index is 0.125. The van der Waals surface area contributed by atoms with Crippen LogP contribution in [0.1, 0.15) is 219 Å². The van der Waals surface area contributed by atoms with Gasteiger partial charge in [-0.3, -0.25) is 0 Å². The van der Waals surface area contributed by atoms with Gasteiger partial charge in [0.1, 0.15) is 0 Å². The van der Waals surface area contributed by atoms with Gasteiger partial charge >= 0.3 is 0 Å². The van der Waals surface area contributed by atoms with Crippen LogP contribution in [-0.2, 0) is 4.74 Å². The van der Waals surface area contributed by atoms with Gasteiger partial charge in [0.05, 0.1) is 13.2 Å². The van der Waals surface area contributed by atoms with E-state index in [2.05, 4.69) is 119 Å². The number of rotatable bonds is 35. The van der Waals surface area contributed by atoms with Crippen LogP contribution in [0.25, 0.3) is 0 Å². The fourth-order valence-corrected chi connectivity index (χ4v) is 5.61. The third-order valence-electron chi connectivity index (χ3n) is 8.38. The zero-order valence-electron chi connectivity index (χ0n) is 40.1. The van der Waals surface area contributed by atoms with Crippen molar-refractivity contribution in [3.05, 3.63) is 105 Å². The average molecular weight is 809 g/mol. The second-order valence-electron chi connectivity index (χ2n) is 12.7. The number of unbranched alkanes of at least 4 members (excludes halogenated alkanes) is 30. The van der Waals surface area contributed by atoms with E-state index in [1.807, 2.05) is 0 Å². The van der Waals surface area contributed by atoms with Crippen LogP contribution in [0.4, 0.5) is 0 Å². The molecule has 0 aromatic rings. The Labute approximate surface area is 364 Å². The number of aliphatic hydroxyl groups excluding tert-OH is 2. The minimum Gasteiger partial charge on any atom is -0.394 e. The van der Waals surface area contributed by atoms with Crippen molar-refractivity contribution < 1.29 is 14.9 Å². The molecule has 0 aliphatic heterocycles. The molecule has 0 fully saturated rings. The van der Waals surface area contributed by atoms with E-state index in [0.717, 1.165) is 13.2 Å². The Morgan fingerprint density at radius 1 is 0.228 bits per heavy atom. The normalized spacial score (nSPS) is 8.56. The minimum atomic E-state index is -0.125. The highest BCUT2D eigenvalue weighted by molar-refractivity contribution is 4.52. The molecule has 0 aliphatic rings. The Bertz CT molecular complexity index is 451. The van der Waals surface area contributed by atoms with Crippen LogP contribution in [0.15, 0.2) is 105 Å². The molecule has 0 unspecified atom stereocenters. The second-order valence-corrected chi connectivity index (χ2v) is 12.7. The van der Waals surface area contributed by atoms with Gasteiger partial charge in [-0.05, 0) is 12.8 Å². The Hall–Kier alpha value is -2.20. The summed E-state index contributed by atoms with van der Waals surface area (Å²) in [4.78, 5) is 0. The maximum absolute atomic E-state index is 7.62. The van der Waals surface area contributed by atoms with Crippen molar-refractivity contribution in [2.75, 3.05) is 26.4 Å². The molecule has 0 heterocycles. The van der Waals surface area contributed by atoms with Crippen molar-refractivity contribution in [1.29, 1.82) is 0 Å². The smallest absolute Gasteiger partial charge is 0.0662 e. The van der Waals surface area contributed by atoms with Gasteiger partial charge in [-0.1, -0.05) is 206 Å². The molecule has 0 radical (unpaired) electrons. The van der Waals surface area contributed by atoms with Crippen molar-refractivity contribution in [3.8, 4) is 0 Å². The van der Waals surface area contributed by atoms with Crippen LogP contribution in [0, 0.1) is 0 Å². The number of ether oxygens (including phenoxy) is 1. The predicted octanol–water partition coefficient (Wildman–Crippen LogP) is 18.9. The van der Waals surface area contributed by atoms with Crippen molar-refractivity contribution in [1.82, 2.24) is 0 Å².